The number of aliphatic hydroxyl groups excluding tert-OH is 1. The second kappa shape index (κ2) is 13.1. The molecule has 0 heterocycles. The van der Waals surface area contributed by atoms with Gasteiger partial charge in [-0.2, -0.15) is 0 Å². The number of carbonyl (C=O) groups excluding carboxylic acids is 3. The van der Waals surface area contributed by atoms with E-state index in [4.69, 9.17) is 0 Å². The van der Waals surface area contributed by atoms with Crippen LogP contribution in [0, 0.1) is 22.2 Å². The molecule has 1 aromatic rings. The van der Waals surface area contributed by atoms with E-state index in [0.29, 0.717) is 6.42 Å². The Labute approximate surface area is 263 Å². The van der Waals surface area contributed by atoms with Gasteiger partial charge in [0.15, 0.2) is 28.8 Å². The van der Waals surface area contributed by atoms with Crippen LogP contribution in [0.25, 0.3) is 5.76 Å². The predicted octanol–water partition coefficient (Wildman–Crippen LogP) is 8.90. The van der Waals surface area contributed by atoms with Gasteiger partial charge in [0.05, 0.1) is 5.41 Å². The number of hydrogen-bond donors (Lipinski definition) is 3. The zero-order chi connectivity index (χ0) is 33.2. The van der Waals surface area contributed by atoms with Gasteiger partial charge in [-0.15, -0.1) is 0 Å². The number of fused-ring (bicyclic) bond motifs is 2. The van der Waals surface area contributed by atoms with Gasteiger partial charge >= 0.3 is 0 Å². The first-order valence-electron chi connectivity index (χ1n) is 15.6. The summed E-state index contributed by atoms with van der Waals surface area (Å²) in [6, 6.07) is 3.65. The first kappa shape index (κ1) is 34.8. The third-order valence-electron chi connectivity index (χ3n) is 9.82. The van der Waals surface area contributed by atoms with E-state index in [1.807, 2.05) is 53.7 Å². The van der Waals surface area contributed by atoms with Gasteiger partial charge in [0.25, 0.3) is 0 Å². The fourth-order valence-electron chi connectivity index (χ4n) is 6.86. The molecule has 3 atom stereocenters. The van der Waals surface area contributed by atoms with E-state index in [9.17, 15) is 29.7 Å². The number of Topliss-reactive ketones (excluding diaryl/α,β-unsaturated/α-hetero) is 3. The average molecular weight is 603 g/mol. The monoisotopic (exact) mass is 602 g/mol. The third-order valence-corrected chi connectivity index (χ3v) is 9.82. The van der Waals surface area contributed by atoms with Crippen LogP contribution in [0.2, 0.25) is 0 Å². The van der Waals surface area contributed by atoms with Crippen molar-refractivity contribution < 1.29 is 29.7 Å². The van der Waals surface area contributed by atoms with E-state index in [1.165, 1.54) is 23.3 Å². The molecule has 2 bridgehead atoms. The molecule has 3 N–H and O–H groups in total. The lowest BCUT2D eigenvalue weighted by atomic mass is 9.38. The van der Waals surface area contributed by atoms with Gasteiger partial charge in [-0.1, -0.05) is 60.4 Å². The van der Waals surface area contributed by atoms with Crippen molar-refractivity contribution in [2.75, 3.05) is 0 Å². The van der Waals surface area contributed by atoms with Crippen LogP contribution in [0.4, 0.5) is 0 Å². The van der Waals surface area contributed by atoms with Crippen LogP contribution in [-0.4, -0.2) is 32.7 Å². The number of rotatable bonds is 10. The van der Waals surface area contributed by atoms with E-state index < -0.39 is 50.6 Å². The molecular weight excluding hydrogens is 552 g/mol. The third kappa shape index (κ3) is 6.27. The normalized spacial score (nSPS) is 25.8. The molecule has 6 nitrogen and oxygen atoms in total. The molecular formula is C38H50O6. The minimum absolute atomic E-state index is 0.0171. The Kier molecular flexibility index (Phi) is 10.4. The van der Waals surface area contributed by atoms with Crippen molar-refractivity contribution in [3.63, 3.8) is 0 Å². The lowest BCUT2D eigenvalue weighted by molar-refractivity contribution is -0.176. The number of aromatic hydroxyl groups is 2. The molecule has 0 amide bonds. The minimum Gasteiger partial charge on any atom is -0.506 e. The van der Waals surface area contributed by atoms with Gasteiger partial charge < -0.3 is 15.3 Å². The number of benzene rings is 1. The largest absolute Gasteiger partial charge is 0.506 e. The van der Waals surface area contributed by atoms with Crippen LogP contribution < -0.4 is 0 Å². The van der Waals surface area contributed by atoms with Gasteiger partial charge in [-0.25, -0.2) is 0 Å². The Balaban J connectivity index is 2.32. The number of ketones is 3. The highest BCUT2D eigenvalue weighted by atomic mass is 16.3. The molecule has 1 aromatic carbocycles. The zero-order valence-electron chi connectivity index (χ0n) is 27.9. The van der Waals surface area contributed by atoms with Crippen LogP contribution in [0.1, 0.15) is 106 Å². The molecule has 2 fully saturated rings. The number of phenols is 2. The Morgan fingerprint density at radius 2 is 1.41 bits per heavy atom. The summed E-state index contributed by atoms with van der Waals surface area (Å²) >= 11 is 0. The highest BCUT2D eigenvalue weighted by Gasteiger charge is 2.73. The summed E-state index contributed by atoms with van der Waals surface area (Å²) in [5.41, 5.74) is 0.00501. The van der Waals surface area contributed by atoms with Crippen LogP contribution in [0.3, 0.4) is 0 Å². The lowest BCUT2D eigenvalue weighted by Crippen LogP contribution is -2.69. The standard InChI is InChI=1S/C38H50O6/c1-23(2)11-10-12-26(7)13-15-28-22-37(19-17-24(3)4)33(42)31(32(41)27-14-16-29(39)30(40)21-27)34(43)38(35(37)44,36(28,8)9)20-18-25(5)6/h11,13-14,16-18,21,28,39-41H,10,12,15,19-20,22H2,1-9H3/b26-13+,32-31+/t28-,37+,38-/m1/s1. The molecule has 2 saturated carbocycles. The molecule has 0 radical (unpaired) electrons. The van der Waals surface area contributed by atoms with Gasteiger partial charge in [-0.05, 0) is 117 Å². The number of hydrogen-bond acceptors (Lipinski definition) is 6. The number of aliphatic hydroxyl groups is 1. The second-order valence-electron chi connectivity index (χ2n) is 14.1. The lowest BCUT2D eigenvalue weighted by Gasteiger charge is -2.60. The van der Waals surface area contributed by atoms with Crippen molar-refractivity contribution in [3.05, 3.63) is 75.9 Å². The summed E-state index contributed by atoms with van der Waals surface area (Å²) in [6.45, 7) is 17.8. The molecule has 0 spiro atoms. The Hall–Kier alpha value is -3.67. The van der Waals surface area contributed by atoms with Crippen molar-refractivity contribution >= 4 is 23.1 Å². The molecule has 238 valence electrons. The minimum atomic E-state index is -1.59. The smallest absolute Gasteiger partial charge is 0.184 e. The number of phenolic OH excluding ortho intramolecular Hbond substituents is 2. The van der Waals surface area contributed by atoms with Crippen LogP contribution in [0.15, 0.2) is 70.4 Å². The Morgan fingerprint density at radius 3 is 1.98 bits per heavy atom. The first-order chi connectivity index (χ1) is 20.4. The predicted molar refractivity (Wildman–Crippen MR) is 176 cm³/mol. The summed E-state index contributed by atoms with van der Waals surface area (Å²) in [5, 5.41) is 31.5. The van der Waals surface area contributed by atoms with Crippen molar-refractivity contribution in [1.82, 2.24) is 0 Å². The highest BCUT2D eigenvalue weighted by molar-refractivity contribution is 6.41. The van der Waals surface area contributed by atoms with E-state index in [1.54, 1.807) is 0 Å². The molecule has 2 aliphatic carbocycles. The molecule has 0 aromatic heterocycles. The van der Waals surface area contributed by atoms with Crippen LogP contribution >= 0.6 is 0 Å². The summed E-state index contributed by atoms with van der Waals surface area (Å²) < 4.78 is 0. The fraction of sp³-hybridized carbons (Fsp3) is 0.500. The fourth-order valence-corrected chi connectivity index (χ4v) is 6.86. The molecule has 6 heteroatoms. The van der Waals surface area contributed by atoms with Crippen molar-refractivity contribution in [2.45, 2.75) is 101 Å². The van der Waals surface area contributed by atoms with Crippen molar-refractivity contribution in [1.29, 1.82) is 0 Å². The van der Waals surface area contributed by atoms with Crippen LogP contribution in [-0.2, 0) is 14.4 Å². The summed E-state index contributed by atoms with van der Waals surface area (Å²) in [4.78, 5) is 44.3. The molecule has 2 aliphatic rings. The molecule has 0 saturated heterocycles. The maximum atomic E-state index is 14.9. The molecule has 0 unspecified atom stereocenters. The topological polar surface area (TPSA) is 112 Å². The average Bonchev–Trinajstić information content (AvgIpc) is 2.92. The highest BCUT2D eigenvalue weighted by Crippen LogP contribution is 2.65. The zero-order valence-corrected chi connectivity index (χ0v) is 27.9. The maximum Gasteiger partial charge on any atom is 0.184 e. The number of allylic oxidation sites excluding steroid dienone is 9. The van der Waals surface area contributed by atoms with E-state index >= 15 is 0 Å². The van der Waals surface area contributed by atoms with Gasteiger partial charge in [-0.3, -0.25) is 14.4 Å². The van der Waals surface area contributed by atoms with Crippen LogP contribution in [0.5, 0.6) is 11.5 Å². The SMILES string of the molecule is CC(C)=CCC/C(C)=C/C[C@@H]1C[C@@]2(CC=C(C)C)C(=O)/C(=C(\O)c3ccc(O)c(O)c3)C(=O)[C@](CC=C(C)C)(C2=O)C1(C)C. The molecule has 0 aliphatic heterocycles. The quantitative estimate of drug-likeness (QED) is 0.0616. The van der Waals surface area contributed by atoms with Crippen molar-refractivity contribution in [3.8, 4) is 11.5 Å². The number of carbonyl (C=O) groups is 3. The van der Waals surface area contributed by atoms with E-state index in [0.717, 1.165) is 30.1 Å². The Morgan fingerprint density at radius 1 is 0.818 bits per heavy atom. The second-order valence-corrected chi connectivity index (χ2v) is 14.1. The van der Waals surface area contributed by atoms with Gasteiger partial charge in [0, 0.05) is 5.56 Å². The summed E-state index contributed by atoms with van der Waals surface area (Å²) in [7, 11) is 0. The Bertz CT molecular complexity index is 1480. The summed E-state index contributed by atoms with van der Waals surface area (Å²) in [6.07, 6.45) is 11.1. The first-order valence-corrected chi connectivity index (χ1v) is 15.6. The van der Waals surface area contributed by atoms with Crippen molar-refractivity contribution in [2.24, 2.45) is 22.2 Å². The molecule has 3 rings (SSSR count). The van der Waals surface area contributed by atoms with Gasteiger partial charge in [0.1, 0.15) is 16.7 Å². The molecule has 44 heavy (non-hydrogen) atoms. The summed E-state index contributed by atoms with van der Waals surface area (Å²) in [5.74, 6) is -3.36. The van der Waals surface area contributed by atoms with E-state index in [-0.39, 0.29) is 36.5 Å². The maximum absolute atomic E-state index is 14.9. The van der Waals surface area contributed by atoms with Gasteiger partial charge in [0.2, 0.25) is 0 Å². The van der Waals surface area contributed by atoms with E-state index in [2.05, 4.69) is 32.9 Å².